The Bertz CT molecular complexity index is 378. The van der Waals surface area contributed by atoms with Gasteiger partial charge in [0.25, 0.3) is 0 Å². The molecule has 0 bridgehead atoms. The molecule has 2 nitrogen and oxygen atoms in total. The zero-order valence-electron chi connectivity index (χ0n) is 9.34. The molecule has 0 saturated carbocycles. The maximum Gasteiger partial charge on any atom is 0.179 e. The van der Waals surface area contributed by atoms with Crippen LogP contribution in [0.15, 0.2) is 18.2 Å². The first-order valence-corrected chi connectivity index (χ1v) is 5.54. The lowest BCUT2D eigenvalue weighted by molar-refractivity contribution is 0.0951. The minimum absolute atomic E-state index is 0.0468. The van der Waals surface area contributed by atoms with Crippen LogP contribution in [0.4, 0.5) is 0 Å². The number of nitrogens with one attached hydrogen (secondary N) is 1. The van der Waals surface area contributed by atoms with E-state index in [0.717, 1.165) is 30.5 Å². The lowest BCUT2D eigenvalue weighted by Crippen LogP contribution is -2.31. The molecule has 2 heteroatoms. The van der Waals surface area contributed by atoms with E-state index < -0.39 is 0 Å². The van der Waals surface area contributed by atoms with Crippen molar-refractivity contribution < 1.29 is 4.79 Å². The monoisotopic (exact) mass is 203 g/mol. The summed E-state index contributed by atoms with van der Waals surface area (Å²) < 4.78 is 0. The molecule has 80 valence electrons. The molecule has 1 heterocycles. The van der Waals surface area contributed by atoms with Gasteiger partial charge >= 0.3 is 0 Å². The molecule has 0 aliphatic carbocycles. The van der Waals surface area contributed by atoms with Crippen LogP contribution in [-0.2, 0) is 0 Å². The Morgan fingerprint density at radius 3 is 2.87 bits per heavy atom. The molecule has 0 spiro atoms. The Morgan fingerprint density at radius 1 is 1.40 bits per heavy atom. The molecule has 1 aliphatic heterocycles. The van der Waals surface area contributed by atoms with Crippen LogP contribution in [0, 0.1) is 13.8 Å². The first-order chi connectivity index (χ1) is 7.20. The van der Waals surface area contributed by atoms with E-state index in [1.54, 1.807) is 0 Å². The Hall–Kier alpha value is -1.15. The lowest BCUT2D eigenvalue weighted by Gasteiger charge is -2.12. The van der Waals surface area contributed by atoms with Crippen molar-refractivity contribution in [3.8, 4) is 0 Å². The van der Waals surface area contributed by atoms with Crippen molar-refractivity contribution in [2.45, 2.75) is 32.7 Å². The Balaban J connectivity index is 2.28. The number of Topliss-reactive ketones (excluding diaryl/α,β-unsaturated/α-hetero) is 1. The van der Waals surface area contributed by atoms with Gasteiger partial charge < -0.3 is 5.32 Å². The molecule has 1 atom stereocenters. The molecular weight excluding hydrogens is 186 g/mol. The smallest absolute Gasteiger partial charge is 0.179 e. The summed E-state index contributed by atoms with van der Waals surface area (Å²) in [6.45, 7) is 5.05. The fraction of sp³-hybridized carbons (Fsp3) is 0.462. The van der Waals surface area contributed by atoms with E-state index in [0.29, 0.717) is 0 Å². The molecule has 1 N–H and O–H groups in total. The molecule has 0 radical (unpaired) electrons. The highest BCUT2D eigenvalue weighted by molar-refractivity contribution is 6.01. The van der Waals surface area contributed by atoms with Gasteiger partial charge in [0.2, 0.25) is 0 Å². The lowest BCUT2D eigenvalue weighted by atomic mass is 9.96. The highest BCUT2D eigenvalue weighted by atomic mass is 16.1. The normalized spacial score (nSPS) is 20.5. The van der Waals surface area contributed by atoms with E-state index in [9.17, 15) is 4.79 Å². The Morgan fingerprint density at radius 2 is 2.20 bits per heavy atom. The Kier molecular flexibility index (Phi) is 2.87. The third-order valence-corrected chi connectivity index (χ3v) is 3.25. The van der Waals surface area contributed by atoms with Crippen molar-refractivity contribution in [2.75, 3.05) is 6.54 Å². The van der Waals surface area contributed by atoms with E-state index in [2.05, 4.69) is 5.32 Å². The zero-order chi connectivity index (χ0) is 10.8. The quantitative estimate of drug-likeness (QED) is 0.747. The van der Waals surface area contributed by atoms with Crippen LogP contribution in [-0.4, -0.2) is 18.4 Å². The van der Waals surface area contributed by atoms with Crippen LogP contribution in [0.3, 0.4) is 0 Å². The van der Waals surface area contributed by atoms with Gasteiger partial charge in [0.15, 0.2) is 5.78 Å². The number of carbonyl (C=O) groups excluding carboxylic acids is 1. The first kappa shape index (κ1) is 10.4. The number of hydrogen-bond donors (Lipinski definition) is 1. The molecule has 1 aromatic carbocycles. The summed E-state index contributed by atoms with van der Waals surface area (Å²) in [6.07, 6.45) is 2.09. The van der Waals surface area contributed by atoms with Crippen LogP contribution in [0.25, 0.3) is 0 Å². The van der Waals surface area contributed by atoms with Gasteiger partial charge in [-0.15, -0.1) is 0 Å². The zero-order valence-corrected chi connectivity index (χ0v) is 9.34. The molecule has 1 fully saturated rings. The maximum atomic E-state index is 12.2. The summed E-state index contributed by atoms with van der Waals surface area (Å²) in [5.74, 6) is 0.258. The number of benzene rings is 1. The van der Waals surface area contributed by atoms with Gasteiger partial charge in [-0.05, 0) is 44.4 Å². The third kappa shape index (κ3) is 1.95. The molecule has 1 saturated heterocycles. The Labute approximate surface area is 90.7 Å². The fourth-order valence-corrected chi connectivity index (χ4v) is 2.11. The number of aryl methyl sites for hydroxylation is 1. The van der Waals surface area contributed by atoms with Gasteiger partial charge in [-0.1, -0.05) is 18.2 Å². The summed E-state index contributed by atoms with van der Waals surface area (Å²) in [7, 11) is 0. The molecule has 1 aromatic rings. The summed E-state index contributed by atoms with van der Waals surface area (Å²) in [6, 6.07) is 5.99. The molecule has 0 aromatic heterocycles. The van der Waals surface area contributed by atoms with Crippen molar-refractivity contribution >= 4 is 5.78 Å². The molecule has 15 heavy (non-hydrogen) atoms. The van der Waals surface area contributed by atoms with Gasteiger partial charge in [0.1, 0.15) is 0 Å². The maximum absolute atomic E-state index is 12.2. The van der Waals surface area contributed by atoms with Crippen molar-refractivity contribution in [1.82, 2.24) is 5.32 Å². The van der Waals surface area contributed by atoms with Crippen LogP contribution < -0.4 is 5.32 Å². The predicted octanol–water partition coefficient (Wildman–Crippen LogP) is 2.24. The highest BCUT2D eigenvalue weighted by Crippen LogP contribution is 2.17. The van der Waals surface area contributed by atoms with Crippen LogP contribution in [0.1, 0.15) is 34.3 Å². The van der Waals surface area contributed by atoms with Crippen molar-refractivity contribution in [2.24, 2.45) is 0 Å². The van der Waals surface area contributed by atoms with E-state index in [1.165, 1.54) is 5.56 Å². The SMILES string of the molecule is Cc1cccc(C(=O)C2CCCN2)c1C. The molecular formula is C13H17NO. The van der Waals surface area contributed by atoms with Gasteiger partial charge in [-0.3, -0.25) is 4.79 Å². The van der Waals surface area contributed by atoms with E-state index >= 15 is 0 Å². The second-order valence-corrected chi connectivity index (χ2v) is 4.26. The average Bonchev–Trinajstić information content (AvgIpc) is 2.74. The predicted molar refractivity (Wildman–Crippen MR) is 61.3 cm³/mol. The summed E-state index contributed by atoms with van der Waals surface area (Å²) >= 11 is 0. The van der Waals surface area contributed by atoms with Crippen LogP contribution in [0.5, 0.6) is 0 Å². The second kappa shape index (κ2) is 4.15. The summed E-state index contributed by atoms with van der Waals surface area (Å²) in [5, 5.41) is 3.25. The van der Waals surface area contributed by atoms with E-state index in [1.807, 2.05) is 32.0 Å². The van der Waals surface area contributed by atoms with E-state index in [-0.39, 0.29) is 11.8 Å². The standard InChI is InChI=1S/C13H17NO/c1-9-5-3-6-11(10(9)2)13(15)12-7-4-8-14-12/h3,5-6,12,14H,4,7-8H2,1-2H3. The van der Waals surface area contributed by atoms with Crippen molar-refractivity contribution in [1.29, 1.82) is 0 Å². The molecule has 0 amide bonds. The van der Waals surface area contributed by atoms with Crippen LogP contribution >= 0.6 is 0 Å². The second-order valence-electron chi connectivity index (χ2n) is 4.26. The minimum Gasteiger partial charge on any atom is -0.307 e. The van der Waals surface area contributed by atoms with Gasteiger partial charge in [-0.2, -0.15) is 0 Å². The molecule has 2 rings (SSSR count). The number of rotatable bonds is 2. The van der Waals surface area contributed by atoms with Crippen molar-refractivity contribution in [3.05, 3.63) is 34.9 Å². The van der Waals surface area contributed by atoms with Gasteiger partial charge in [-0.25, -0.2) is 0 Å². The number of hydrogen-bond acceptors (Lipinski definition) is 2. The number of ketones is 1. The van der Waals surface area contributed by atoms with Crippen molar-refractivity contribution in [3.63, 3.8) is 0 Å². The minimum atomic E-state index is 0.0468. The van der Waals surface area contributed by atoms with Gasteiger partial charge in [0, 0.05) is 5.56 Å². The van der Waals surface area contributed by atoms with Crippen LogP contribution in [0.2, 0.25) is 0 Å². The topological polar surface area (TPSA) is 29.1 Å². The highest BCUT2D eigenvalue weighted by Gasteiger charge is 2.24. The summed E-state index contributed by atoms with van der Waals surface area (Å²) in [4.78, 5) is 12.2. The van der Waals surface area contributed by atoms with Gasteiger partial charge in [0.05, 0.1) is 6.04 Å². The molecule has 1 unspecified atom stereocenters. The van der Waals surface area contributed by atoms with E-state index in [4.69, 9.17) is 0 Å². The molecule has 1 aliphatic rings. The first-order valence-electron chi connectivity index (χ1n) is 5.54. The number of carbonyl (C=O) groups is 1. The third-order valence-electron chi connectivity index (χ3n) is 3.25. The largest absolute Gasteiger partial charge is 0.307 e. The summed E-state index contributed by atoms with van der Waals surface area (Å²) in [5.41, 5.74) is 3.20. The fourth-order valence-electron chi connectivity index (χ4n) is 2.11. The average molecular weight is 203 g/mol.